The Morgan fingerprint density at radius 1 is 1.04 bits per heavy atom. The minimum absolute atomic E-state index is 0.0357. The molecule has 0 unspecified atom stereocenters. The molecule has 0 bridgehead atoms. The highest BCUT2D eigenvalue weighted by Crippen LogP contribution is 2.20. The normalized spacial score (nSPS) is 14.5. The van der Waals surface area contributed by atoms with Crippen molar-refractivity contribution in [2.24, 2.45) is 5.92 Å². The second kappa shape index (κ2) is 10.2. The fraction of sp³-hybridized carbons (Fsp3) is 0.364. The summed E-state index contributed by atoms with van der Waals surface area (Å²) in [4.78, 5) is 27.7. The van der Waals surface area contributed by atoms with Crippen LogP contribution >= 0.6 is 11.8 Å². The maximum atomic E-state index is 12.4. The van der Waals surface area contributed by atoms with Gasteiger partial charge in [0.15, 0.2) is 0 Å². The van der Waals surface area contributed by atoms with Gasteiger partial charge in [-0.05, 0) is 44.0 Å². The van der Waals surface area contributed by atoms with Gasteiger partial charge in [-0.15, -0.1) is 11.8 Å². The molecule has 6 heteroatoms. The number of rotatable bonds is 6. The van der Waals surface area contributed by atoms with E-state index < -0.39 is 0 Å². The van der Waals surface area contributed by atoms with E-state index in [0.717, 1.165) is 11.4 Å². The molecule has 3 amide bonds. The number of thioether (sulfide) groups is 1. The molecule has 0 aromatic heterocycles. The van der Waals surface area contributed by atoms with Crippen molar-refractivity contribution in [3.8, 4) is 0 Å². The Balaban J connectivity index is 1.34. The van der Waals surface area contributed by atoms with E-state index >= 15 is 0 Å². The summed E-state index contributed by atoms with van der Waals surface area (Å²) in [5.74, 6) is 0.840. The van der Waals surface area contributed by atoms with Crippen LogP contribution in [0.1, 0.15) is 18.4 Å². The first kappa shape index (κ1) is 20.3. The van der Waals surface area contributed by atoms with Gasteiger partial charge in [-0.2, -0.15) is 0 Å². The zero-order chi connectivity index (χ0) is 19.8. The summed E-state index contributed by atoms with van der Waals surface area (Å²) in [5, 5.41) is 5.94. The van der Waals surface area contributed by atoms with Crippen LogP contribution in [0, 0.1) is 12.8 Å². The molecule has 0 saturated carbocycles. The van der Waals surface area contributed by atoms with Crippen molar-refractivity contribution < 1.29 is 9.59 Å². The van der Waals surface area contributed by atoms with Crippen LogP contribution in [0.5, 0.6) is 0 Å². The largest absolute Gasteiger partial charge is 0.337 e. The molecule has 0 aliphatic carbocycles. The van der Waals surface area contributed by atoms with Gasteiger partial charge in [-0.3, -0.25) is 4.79 Å². The van der Waals surface area contributed by atoms with Gasteiger partial charge >= 0.3 is 6.03 Å². The fourth-order valence-electron chi connectivity index (χ4n) is 3.18. The lowest BCUT2D eigenvalue weighted by Gasteiger charge is -2.31. The van der Waals surface area contributed by atoms with Crippen LogP contribution in [0.15, 0.2) is 59.5 Å². The van der Waals surface area contributed by atoms with Gasteiger partial charge in [0.05, 0.1) is 0 Å². The van der Waals surface area contributed by atoms with Gasteiger partial charge in [0.2, 0.25) is 5.91 Å². The third-order valence-corrected chi connectivity index (χ3v) is 5.88. The molecule has 5 nitrogen and oxygen atoms in total. The Hall–Kier alpha value is -2.47. The summed E-state index contributed by atoms with van der Waals surface area (Å²) in [6.07, 6.45) is 1.40. The summed E-state index contributed by atoms with van der Waals surface area (Å²) in [6, 6.07) is 17.9. The maximum absolute atomic E-state index is 12.4. The number of hydrogen-bond acceptors (Lipinski definition) is 3. The minimum atomic E-state index is -0.0404. The van der Waals surface area contributed by atoms with Crippen molar-refractivity contribution >= 4 is 29.4 Å². The number of amides is 3. The molecular weight excluding hydrogens is 370 g/mol. The Morgan fingerprint density at radius 2 is 1.71 bits per heavy atom. The van der Waals surface area contributed by atoms with Crippen molar-refractivity contribution in [2.45, 2.75) is 24.7 Å². The average molecular weight is 398 g/mol. The number of likely N-dealkylation sites (tertiary alicyclic amines) is 1. The average Bonchev–Trinajstić information content (AvgIpc) is 2.73. The molecule has 1 aliphatic rings. The molecule has 0 radical (unpaired) electrons. The van der Waals surface area contributed by atoms with Gasteiger partial charge in [-0.1, -0.05) is 35.9 Å². The van der Waals surface area contributed by atoms with Crippen molar-refractivity contribution in [3.63, 3.8) is 0 Å². The number of urea groups is 1. The zero-order valence-corrected chi connectivity index (χ0v) is 17.0. The SMILES string of the molecule is Cc1ccc(SCCNC(=O)N2CCC(C(=O)Nc3ccccc3)CC2)cc1. The standard InChI is InChI=1S/C22H27N3O2S/c1-17-7-9-20(10-8-17)28-16-13-23-22(27)25-14-11-18(12-15-25)21(26)24-19-5-3-2-4-6-19/h2-10,18H,11-16H2,1H3,(H,23,27)(H,24,26). The first-order valence-corrected chi connectivity index (χ1v) is 10.7. The van der Waals surface area contributed by atoms with Gasteiger partial charge < -0.3 is 15.5 Å². The van der Waals surface area contributed by atoms with E-state index in [1.54, 1.807) is 11.8 Å². The topological polar surface area (TPSA) is 61.4 Å². The molecule has 3 rings (SSSR count). The highest BCUT2D eigenvalue weighted by atomic mass is 32.2. The van der Waals surface area contributed by atoms with Crippen LogP contribution in [0.2, 0.25) is 0 Å². The summed E-state index contributed by atoms with van der Waals surface area (Å²) in [5.41, 5.74) is 2.07. The minimum Gasteiger partial charge on any atom is -0.337 e. The van der Waals surface area contributed by atoms with Crippen molar-refractivity contribution in [1.82, 2.24) is 10.2 Å². The number of nitrogens with zero attached hydrogens (tertiary/aromatic N) is 1. The second-order valence-corrected chi connectivity index (χ2v) is 8.18. The number of anilines is 1. The molecule has 2 aromatic carbocycles. The van der Waals surface area contributed by atoms with Crippen molar-refractivity contribution in [3.05, 3.63) is 60.2 Å². The number of para-hydroxylation sites is 1. The van der Waals surface area contributed by atoms with E-state index in [0.29, 0.717) is 32.5 Å². The van der Waals surface area contributed by atoms with Crippen LogP contribution in [-0.2, 0) is 4.79 Å². The quantitative estimate of drug-likeness (QED) is 0.569. The predicted octanol–water partition coefficient (Wildman–Crippen LogP) is 4.15. The summed E-state index contributed by atoms with van der Waals surface area (Å²) in [6.45, 7) is 3.93. The summed E-state index contributed by atoms with van der Waals surface area (Å²) in [7, 11) is 0. The van der Waals surface area contributed by atoms with Gasteiger partial charge in [-0.25, -0.2) is 4.79 Å². The fourth-order valence-corrected chi connectivity index (χ4v) is 3.95. The number of piperidine rings is 1. The van der Waals surface area contributed by atoms with Crippen molar-refractivity contribution in [1.29, 1.82) is 0 Å². The second-order valence-electron chi connectivity index (χ2n) is 7.01. The molecule has 1 saturated heterocycles. The number of hydrogen-bond donors (Lipinski definition) is 2. The lowest BCUT2D eigenvalue weighted by molar-refractivity contribution is -0.121. The number of carbonyl (C=O) groups is 2. The number of carbonyl (C=O) groups excluding carboxylic acids is 2. The molecule has 1 fully saturated rings. The van der Waals surface area contributed by atoms with Crippen LogP contribution in [0.3, 0.4) is 0 Å². The Labute approximate surface area is 170 Å². The molecule has 2 N–H and O–H groups in total. The molecular formula is C22H27N3O2S. The third-order valence-electron chi connectivity index (χ3n) is 4.86. The van der Waals surface area contributed by atoms with Gasteiger partial charge in [0, 0.05) is 41.9 Å². The molecule has 1 heterocycles. The number of aryl methyl sites for hydroxylation is 1. The summed E-state index contributed by atoms with van der Waals surface area (Å²) < 4.78 is 0. The Bertz CT molecular complexity index is 772. The monoisotopic (exact) mass is 397 g/mol. The van der Waals surface area contributed by atoms with E-state index in [4.69, 9.17) is 0 Å². The smallest absolute Gasteiger partial charge is 0.317 e. The van der Waals surface area contributed by atoms with E-state index in [1.807, 2.05) is 35.2 Å². The predicted molar refractivity (Wildman–Crippen MR) is 115 cm³/mol. The van der Waals surface area contributed by atoms with Crippen LogP contribution in [0.4, 0.5) is 10.5 Å². The lowest BCUT2D eigenvalue weighted by atomic mass is 9.96. The van der Waals surface area contributed by atoms with E-state index in [2.05, 4.69) is 41.8 Å². The Morgan fingerprint density at radius 3 is 2.39 bits per heavy atom. The van der Waals surface area contributed by atoms with E-state index in [9.17, 15) is 9.59 Å². The van der Waals surface area contributed by atoms with Crippen molar-refractivity contribution in [2.75, 3.05) is 30.7 Å². The first-order valence-electron chi connectivity index (χ1n) is 9.70. The number of benzene rings is 2. The third kappa shape index (κ3) is 6.02. The van der Waals surface area contributed by atoms with Crippen LogP contribution in [0.25, 0.3) is 0 Å². The molecule has 0 atom stereocenters. The molecule has 148 valence electrons. The maximum Gasteiger partial charge on any atom is 0.317 e. The number of nitrogens with one attached hydrogen (secondary N) is 2. The summed E-state index contributed by atoms with van der Waals surface area (Å²) >= 11 is 1.74. The molecule has 28 heavy (non-hydrogen) atoms. The zero-order valence-electron chi connectivity index (χ0n) is 16.2. The van der Waals surface area contributed by atoms with Gasteiger partial charge in [0.25, 0.3) is 0 Å². The highest BCUT2D eigenvalue weighted by Gasteiger charge is 2.27. The highest BCUT2D eigenvalue weighted by molar-refractivity contribution is 7.99. The van der Waals surface area contributed by atoms with Crippen LogP contribution in [-0.4, -0.2) is 42.2 Å². The molecule has 1 aliphatic heterocycles. The molecule has 2 aromatic rings. The first-order chi connectivity index (χ1) is 13.6. The Kier molecular flexibility index (Phi) is 7.37. The molecule has 0 spiro atoms. The van der Waals surface area contributed by atoms with Gasteiger partial charge in [0.1, 0.15) is 0 Å². The van der Waals surface area contributed by atoms with E-state index in [1.165, 1.54) is 10.5 Å². The lowest BCUT2D eigenvalue weighted by Crippen LogP contribution is -2.46. The van der Waals surface area contributed by atoms with Crippen LogP contribution < -0.4 is 10.6 Å². The van der Waals surface area contributed by atoms with E-state index in [-0.39, 0.29) is 17.9 Å².